The maximum Gasteiger partial charge on any atom is 0.238 e. The molecule has 4 aromatic heterocycles. The molecule has 0 unspecified atom stereocenters. The molecule has 0 atom stereocenters. The standard InChI is InChI=1S/C63H40N6/c1-4-19-41(20-5-1)43-23-18-24-44(39-43)47-27-10-14-31-54(47)68-56-33-16-12-29-49(56)52-37-38-53-50-30-13-17-34-57(50)69(60(53)59(52)68)63-65-61(42-21-6-2-7-22-42)64-62(66-63)45-35-36-51-48-28-11-15-32-55(48)67(58(51)40-45)46-25-8-3-9-26-46/h1-40H. The second kappa shape index (κ2) is 15.6. The van der Waals surface area contributed by atoms with E-state index < -0.39 is 0 Å². The van der Waals surface area contributed by atoms with Crippen LogP contribution in [0.1, 0.15) is 0 Å². The lowest BCUT2D eigenvalue weighted by Gasteiger charge is -2.16. The normalized spacial score (nSPS) is 11.8. The Hall–Kier alpha value is -9.39. The van der Waals surface area contributed by atoms with Crippen molar-refractivity contribution in [3.63, 3.8) is 0 Å². The van der Waals surface area contributed by atoms with E-state index in [0.717, 1.165) is 82.9 Å². The first-order valence-corrected chi connectivity index (χ1v) is 23.4. The average molecular weight is 881 g/mol. The van der Waals surface area contributed by atoms with Crippen LogP contribution in [0.15, 0.2) is 243 Å². The summed E-state index contributed by atoms with van der Waals surface area (Å²) >= 11 is 0. The van der Waals surface area contributed by atoms with Crippen molar-refractivity contribution in [3.05, 3.63) is 243 Å². The van der Waals surface area contributed by atoms with Crippen molar-refractivity contribution < 1.29 is 0 Å². The third kappa shape index (κ3) is 6.16. The Kier molecular flexibility index (Phi) is 8.79. The van der Waals surface area contributed by atoms with Crippen LogP contribution < -0.4 is 0 Å². The molecular weight excluding hydrogens is 841 g/mol. The van der Waals surface area contributed by atoms with Crippen LogP contribution in [0.25, 0.3) is 128 Å². The van der Waals surface area contributed by atoms with E-state index in [0.29, 0.717) is 17.6 Å². The van der Waals surface area contributed by atoms with Gasteiger partial charge in [0.1, 0.15) is 0 Å². The van der Waals surface area contributed by atoms with Crippen molar-refractivity contribution in [1.82, 2.24) is 28.7 Å². The fourth-order valence-electron chi connectivity index (χ4n) is 10.6. The SMILES string of the molecule is c1ccc(-c2cccc(-c3ccccc3-n3c4ccccc4c4ccc5c6ccccc6n(-c6nc(-c7ccccc7)nc(-c7ccc8c9ccccc9n(-c9ccccc9)c8c7)n6)c5c43)c2)cc1. The van der Waals surface area contributed by atoms with E-state index in [9.17, 15) is 0 Å². The Bertz CT molecular complexity index is 4300. The van der Waals surface area contributed by atoms with Gasteiger partial charge in [0.2, 0.25) is 5.95 Å². The number of nitrogens with zero attached hydrogens (tertiary/aromatic N) is 6. The Labute approximate surface area is 397 Å². The van der Waals surface area contributed by atoms with Crippen LogP contribution in [0, 0.1) is 0 Å². The third-order valence-corrected chi connectivity index (χ3v) is 13.7. The van der Waals surface area contributed by atoms with E-state index in [-0.39, 0.29) is 0 Å². The molecule has 0 amide bonds. The van der Waals surface area contributed by atoms with Crippen LogP contribution in [0.5, 0.6) is 0 Å². The lowest BCUT2D eigenvalue weighted by atomic mass is 9.98. The minimum absolute atomic E-state index is 0.543. The molecule has 0 aliphatic rings. The zero-order valence-corrected chi connectivity index (χ0v) is 37.3. The van der Waals surface area contributed by atoms with Crippen molar-refractivity contribution in [2.24, 2.45) is 0 Å². The van der Waals surface area contributed by atoms with Crippen LogP contribution in [-0.4, -0.2) is 28.7 Å². The van der Waals surface area contributed by atoms with Gasteiger partial charge >= 0.3 is 0 Å². The van der Waals surface area contributed by atoms with E-state index in [4.69, 9.17) is 15.0 Å². The van der Waals surface area contributed by atoms with Gasteiger partial charge in [-0.05, 0) is 65.2 Å². The lowest BCUT2D eigenvalue weighted by molar-refractivity contribution is 0.953. The molecule has 0 spiro atoms. The fraction of sp³-hybridized carbons (Fsp3) is 0. The molecule has 0 aliphatic carbocycles. The third-order valence-electron chi connectivity index (χ3n) is 13.7. The van der Waals surface area contributed by atoms with E-state index in [2.05, 4.69) is 238 Å². The maximum atomic E-state index is 5.52. The molecule has 14 rings (SSSR count). The second-order valence-corrected chi connectivity index (χ2v) is 17.6. The molecule has 0 radical (unpaired) electrons. The van der Waals surface area contributed by atoms with E-state index >= 15 is 0 Å². The first kappa shape index (κ1) is 38.8. The Balaban J connectivity index is 1.07. The number of rotatable bonds is 7. The summed E-state index contributed by atoms with van der Waals surface area (Å²) in [7, 11) is 0. The summed E-state index contributed by atoms with van der Waals surface area (Å²) in [6, 6.07) is 86.3. The summed E-state index contributed by atoms with van der Waals surface area (Å²) in [6.07, 6.45) is 0. The number of para-hydroxylation sites is 5. The van der Waals surface area contributed by atoms with Crippen LogP contribution in [-0.2, 0) is 0 Å². The Morgan fingerprint density at radius 3 is 1.43 bits per heavy atom. The number of fused-ring (bicyclic) bond motifs is 10. The molecule has 0 aliphatic heterocycles. The van der Waals surface area contributed by atoms with Gasteiger partial charge in [0.15, 0.2) is 11.6 Å². The zero-order chi connectivity index (χ0) is 45.4. The highest BCUT2D eigenvalue weighted by Gasteiger charge is 2.25. The smallest absolute Gasteiger partial charge is 0.238 e. The van der Waals surface area contributed by atoms with Gasteiger partial charge in [-0.25, -0.2) is 4.98 Å². The van der Waals surface area contributed by atoms with Gasteiger partial charge in [-0.15, -0.1) is 0 Å². The van der Waals surface area contributed by atoms with Gasteiger partial charge in [0.05, 0.1) is 38.8 Å². The molecule has 0 bridgehead atoms. The lowest BCUT2D eigenvalue weighted by Crippen LogP contribution is -2.07. The summed E-state index contributed by atoms with van der Waals surface area (Å²) in [4.78, 5) is 16.2. The van der Waals surface area contributed by atoms with Crippen molar-refractivity contribution >= 4 is 65.4 Å². The van der Waals surface area contributed by atoms with Crippen LogP contribution >= 0.6 is 0 Å². The molecule has 6 heteroatoms. The van der Waals surface area contributed by atoms with Crippen LogP contribution in [0.3, 0.4) is 0 Å². The van der Waals surface area contributed by atoms with Gasteiger partial charge in [0.25, 0.3) is 0 Å². The number of benzene rings is 10. The summed E-state index contributed by atoms with van der Waals surface area (Å²) in [5.41, 5.74) is 15.1. The molecule has 322 valence electrons. The first-order chi connectivity index (χ1) is 34.2. The van der Waals surface area contributed by atoms with E-state index in [1.807, 2.05) is 18.2 Å². The maximum absolute atomic E-state index is 5.52. The highest BCUT2D eigenvalue weighted by atomic mass is 15.2. The Morgan fingerprint density at radius 1 is 0.261 bits per heavy atom. The van der Waals surface area contributed by atoms with Gasteiger partial charge in [-0.1, -0.05) is 194 Å². The van der Waals surface area contributed by atoms with Crippen molar-refractivity contribution in [2.75, 3.05) is 0 Å². The van der Waals surface area contributed by atoms with E-state index in [1.54, 1.807) is 0 Å². The predicted molar refractivity (Wildman–Crippen MR) is 285 cm³/mol. The molecule has 0 fully saturated rings. The van der Waals surface area contributed by atoms with Crippen molar-refractivity contribution in [1.29, 1.82) is 0 Å². The van der Waals surface area contributed by atoms with Crippen molar-refractivity contribution in [2.45, 2.75) is 0 Å². The zero-order valence-electron chi connectivity index (χ0n) is 37.3. The van der Waals surface area contributed by atoms with E-state index in [1.165, 1.54) is 27.3 Å². The van der Waals surface area contributed by atoms with Gasteiger partial charge < -0.3 is 9.13 Å². The molecule has 69 heavy (non-hydrogen) atoms. The molecule has 10 aromatic carbocycles. The highest BCUT2D eigenvalue weighted by Crippen LogP contribution is 2.44. The molecule has 6 nitrogen and oxygen atoms in total. The molecule has 0 N–H and O–H groups in total. The summed E-state index contributed by atoms with van der Waals surface area (Å²) < 4.78 is 7.08. The first-order valence-electron chi connectivity index (χ1n) is 23.4. The minimum atomic E-state index is 0.543. The topological polar surface area (TPSA) is 53.5 Å². The molecular formula is C63H40N6. The highest BCUT2D eigenvalue weighted by molar-refractivity contribution is 6.24. The summed E-state index contributed by atoms with van der Waals surface area (Å²) in [5.74, 6) is 1.73. The fourth-order valence-corrected chi connectivity index (χ4v) is 10.6. The predicted octanol–water partition coefficient (Wildman–Crippen LogP) is 15.8. The van der Waals surface area contributed by atoms with Gasteiger partial charge in [-0.2, -0.15) is 9.97 Å². The molecule has 14 aromatic rings. The summed E-state index contributed by atoms with van der Waals surface area (Å²) in [6.45, 7) is 0. The number of hydrogen-bond donors (Lipinski definition) is 0. The largest absolute Gasteiger partial charge is 0.309 e. The molecule has 4 heterocycles. The van der Waals surface area contributed by atoms with Crippen LogP contribution in [0.4, 0.5) is 0 Å². The molecule has 0 saturated carbocycles. The number of hydrogen-bond acceptors (Lipinski definition) is 3. The quantitative estimate of drug-likeness (QED) is 0.160. The molecule has 0 saturated heterocycles. The number of aromatic nitrogens is 6. The Morgan fingerprint density at radius 2 is 0.739 bits per heavy atom. The van der Waals surface area contributed by atoms with Gasteiger partial charge in [-0.3, -0.25) is 4.57 Å². The van der Waals surface area contributed by atoms with Crippen molar-refractivity contribution in [3.8, 4) is 62.4 Å². The van der Waals surface area contributed by atoms with Gasteiger partial charge in [0, 0.05) is 54.7 Å². The van der Waals surface area contributed by atoms with Crippen LogP contribution in [0.2, 0.25) is 0 Å². The average Bonchev–Trinajstić information content (AvgIpc) is 4.07. The minimum Gasteiger partial charge on any atom is -0.309 e. The second-order valence-electron chi connectivity index (χ2n) is 17.6. The summed E-state index contributed by atoms with van der Waals surface area (Å²) in [5, 5.41) is 6.91. The monoisotopic (exact) mass is 880 g/mol.